The van der Waals surface area contributed by atoms with Gasteiger partial charge in [-0.05, 0) is 24.1 Å². The molecular formula is C10H13FO2. The molecule has 0 atom stereocenters. The van der Waals surface area contributed by atoms with Crippen molar-refractivity contribution in [3.8, 4) is 0 Å². The van der Waals surface area contributed by atoms with Crippen molar-refractivity contribution in [2.45, 2.75) is 6.42 Å². The molecule has 0 radical (unpaired) electrons. The summed E-state index contributed by atoms with van der Waals surface area (Å²) >= 11 is 0. The molecule has 72 valence electrons. The Morgan fingerprint density at radius 1 is 1.31 bits per heavy atom. The highest BCUT2D eigenvalue weighted by Gasteiger charge is 1.94. The summed E-state index contributed by atoms with van der Waals surface area (Å²) in [5.74, 6) is -0.223. The predicted molar refractivity (Wildman–Crippen MR) is 48.0 cm³/mol. The largest absolute Gasteiger partial charge is 0.394 e. The number of hydrogen-bond donors (Lipinski definition) is 1. The third-order valence-electron chi connectivity index (χ3n) is 1.66. The molecule has 0 heterocycles. The van der Waals surface area contributed by atoms with Crippen LogP contribution in [0.3, 0.4) is 0 Å². The van der Waals surface area contributed by atoms with Crippen molar-refractivity contribution >= 4 is 0 Å². The lowest BCUT2D eigenvalue weighted by molar-refractivity contribution is 0.0944. The first-order valence-electron chi connectivity index (χ1n) is 4.26. The van der Waals surface area contributed by atoms with Crippen molar-refractivity contribution in [1.82, 2.24) is 0 Å². The third-order valence-corrected chi connectivity index (χ3v) is 1.66. The van der Waals surface area contributed by atoms with Crippen LogP contribution in [-0.2, 0) is 11.2 Å². The van der Waals surface area contributed by atoms with E-state index in [-0.39, 0.29) is 12.4 Å². The second-order valence-corrected chi connectivity index (χ2v) is 2.72. The Morgan fingerprint density at radius 3 is 2.85 bits per heavy atom. The summed E-state index contributed by atoms with van der Waals surface area (Å²) in [6, 6.07) is 6.43. The first-order valence-corrected chi connectivity index (χ1v) is 4.26. The lowest BCUT2D eigenvalue weighted by atomic mass is 10.2. The summed E-state index contributed by atoms with van der Waals surface area (Å²) in [7, 11) is 0. The third kappa shape index (κ3) is 4.01. The number of aliphatic hydroxyl groups is 1. The van der Waals surface area contributed by atoms with Crippen molar-refractivity contribution in [2.75, 3.05) is 19.8 Å². The summed E-state index contributed by atoms with van der Waals surface area (Å²) in [5.41, 5.74) is 0.915. The van der Waals surface area contributed by atoms with Crippen LogP contribution in [0.1, 0.15) is 5.56 Å². The maximum Gasteiger partial charge on any atom is 0.123 e. The molecule has 0 aromatic heterocycles. The van der Waals surface area contributed by atoms with Gasteiger partial charge < -0.3 is 9.84 Å². The molecule has 2 nitrogen and oxygen atoms in total. The Bertz CT molecular complexity index is 250. The fourth-order valence-electron chi connectivity index (χ4n) is 1.05. The van der Waals surface area contributed by atoms with E-state index in [2.05, 4.69) is 0 Å². The number of aliphatic hydroxyl groups excluding tert-OH is 1. The van der Waals surface area contributed by atoms with Gasteiger partial charge >= 0.3 is 0 Å². The number of benzene rings is 1. The standard InChI is InChI=1S/C10H13FO2/c11-10-3-1-2-9(8-10)4-6-13-7-5-12/h1-3,8,12H,4-7H2. The first kappa shape index (κ1) is 10.2. The van der Waals surface area contributed by atoms with Crippen molar-refractivity contribution in [2.24, 2.45) is 0 Å². The van der Waals surface area contributed by atoms with E-state index in [9.17, 15) is 4.39 Å². The highest BCUT2D eigenvalue weighted by molar-refractivity contribution is 5.16. The van der Waals surface area contributed by atoms with Crippen LogP contribution in [-0.4, -0.2) is 24.9 Å². The second-order valence-electron chi connectivity index (χ2n) is 2.72. The van der Waals surface area contributed by atoms with Crippen LogP contribution >= 0.6 is 0 Å². The molecule has 1 rings (SSSR count). The molecule has 13 heavy (non-hydrogen) atoms. The van der Waals surface area contributed by atoms with Crippen molar-refractivity contribution in [3.63, 3.8) is 0 Å². The molecule has 0 aliphatic heterocycles. The van der Waals surface area contributed by atoms with Gasteiger partial charge in [-0.1, -0.05) is 12.1 Å². The van der Waals surface area contributed by atoms with Crippen LogP contribution in [0.15, 0.2) is 24.3 Å². The average molecular weight is 184 g/mol. The Morgan fingerprint density at radius 2 is 2.15 bits per heavy atom. The molecule has 1 N–H and O–H groups in total. The van der Waals surface area contributed by atoms with E-state index in [0.29, 0.717) is 19.6 Å². The van der Waals surface area contributed by atoms with E-state index in [4.69, 9.17) is 9.84 Å². The summed E-state index contributed by atoms with van der Waals surface area (Å²) < 4.78 is 17.7. The van der Waals surface area contributed by atoms with Crippen LogP contribution in [0.25, 0.3) is 0 Å². The SMILES string of the molecule is OCCOCCc1cccc(F)c1. The molecule has 0 aliphatic rings. The van der Waals surface area contributed by atoms with Gasteiger partial charge in [-0.2, -0.15) is 0 Å². The van der Waals surface area contributed by atoms with E-state index in [1.807, 2.05) is 6.07 Å². The van der Waals surface area contributed by atoms with E-state index >= 15 is 0 Å². The van der Waals surface area contributed by atoms with Crippen LogP contribution in [0, 0.1) is 5.82 Å². The number of hydrogen-bond acceptors (Lipinski definition) is 2. The first-order chi connectivity index (χ1) is 6.33. The van der Waals surface area contributed by atoms with Crippen molar-refractivity contribution in [3.05, 3.63) is 35.6 Å². The molecule has 1 aromatic rings. The van der Waals surface area contributed by atoms with Crippen LogP contribution < -0.4 is 0 Å². The van der Waals surface area contributed by atoms with Gasteiger partial charge in [-0.3, -0.25) is 0 Å². The maximum absolute atomic E-state index is 12.7. The van der Waals surface area contributed by atoms with Gasteiger partial charge in [0.2, 0.25) is 0 Å². The fraction of sp³-hybridized carbons (Fsp3) is 0.400. The smallest absolute Gasteiger partial charge is 0.123 e. The molecule has 0 aliphatic carbocycles. The van der Waals surface area contributed by atoms with Crippen LogP contribution in [0.4, 0.5) is 4.39 Å². The molecule has 0 spiro atoms. The monoisotopic (exact) mass is 184 g/mol. The van der Waals surface area contributed by atoms with Crippen LogP contribution in [0.2, 0.25) is 0 Å². The lowest BCUT2D eigenvalue weighted by Gasteiger charge is -2.02. The van der Waals surface area contributed by atoms with E-state index in [0.717, 1.165) is 5.56 Å². The zero-order valence-corrected chi connectivity index (χ0v) is 7.37. The average Bonchev–Trinajstić information content (AvgIpc) is 2.13. The quantitative estimate of drug-likeness (QED) is 0.700. The zero-order chi connectivity index (χ0) is 9.52. The number of ether oxygens (including phenoxy) is 1. The van der Waals surface area contributed by atoms with Gasteiger partial charge in [0, 0.05) is 0 Å². The highest BCUT2D eigenvalue weighted by atomic mass is 19.1. The number of halogens is 1. The van der Waals surface area contributed by atoms with Gasteiger partial charge in [0.15, 0.2) is 0 Å². The Kier molecular flexibility index (Phi) is 4.43. The van der Waals surface area contributed by atoms with E-state index < -0.39 is 0 Å². The van der Waals surface area contributed by atoms with Crippen LogP contribution in [0.5, 0.6) is 0 Å². The topological polar surface area (TPSA) is 29.5 Å². The molecule has 0 fully saturated rings. The zero-order valence-electron chi connectivity index (χ0n) is 7.37. The summed E-state index contributed by atoms with van der Waals surface area (Å²) in [6.07, 6.45) is 0.678. The minimum absolute atomic E-state index is 0.0309. The molecule has 0 unspecified atom stereocenters. The minimum atomic E-state index is -0.223. The lowest BCUT2D eigenvalue weighted by Crippen LogP contribution is -2.03. The maximum atomic E-state index is 12.7. The molecule has 0 bridgehead atoms. The van der Waals surface area contributed by atoms with Gasteiger partial charge in [-0.15, -0.1) is 0 Å². The fourth-order valence-corrected chi connectivity index (χ4v) is 1.05. The normalized spacial score (nSPS) is 10.3. The second kappa shape index (κ2) is 5.67. The molecule has 3 heteroatoms. The molecule has 1 aromatic carbocycles. The molecule has 0 saturated heterocycles. The molecular weight excluding hydrogens is 171 g/mol. The Balaban J connectivity index is 2.28. The molecule has 0 saturated carbocycles. The van der Waals surface area contributed by atoms with Crippen molar-refractivity contribution < 1.29 is 14.2 Å². The summed E-state index contributed by atoms with van der Waals surface area (Å²) in [5, 5.41) is 8.42. The van der Waals surface area contributed by atoms with E-state index in [1.165, 1.54) is 12.1 Å². The Hall–Kier alpha value is -0.930. The van der Waals surface area contributed by atoms with E-state index in [1.54, 1.807) is 6.07 Å². The molecule has 0 amide bonds. The minimum Gasteiger partial charge on any atom is -0.394 e. The van der Waals surface area contributed by atoms with Crippen molar-refractivity contribution in [1.29, 1.82) is 0 Å². The van der Waals surface area contributed by atoms with Gasteiger partial charge in [0.1, 0.15) is 5.82 Å². The van der Waals surface area contributed by atoms with Gasteiger partial charge in [-0.25, -0.2) is 4.39 Å². The van der Waals surface area contributed by atoms with Gasteiger partial charge in [0.25, 0.3) is 0 Å². The summed E-state index contributed by atoms with van der Waals surface area (Å²) in [6.45, 7) is 0.891. The summed E-state index contributed by atoms with van der Waals surface area (Å²) in [4.78, 5) is 0. The predicted octanol–water partition coefficient (Wildman–Crippen LogP) is 1.38. The number of rotatable bonds is 5. The van der Waals surface area contributed by atoms with Gasteiger partial charge in [0.05, 0.1) is 19.8 Å². The highest BCUT2D eigenvalue weighted by Crippen LogP contribution is 2.03. The Labute approximate surface area is 77.0 Å².